The minimum absolute atomic E-state index is 0.107. The van der Waals surface area contributed by atoms with Crippen LogP contribution in [0.1, 0.15) is 49.1 Å². The summed E-state index contributed by atoms with van der Waals surface area (Å²) in [5.41, 5.74) is 1.38. The van der Waals surface area contributed by atoms with Crippen LogP contribution in [0.5, 0.6) is 5.88 Å². The number of nitrogens with one attached hydrogen (secondary N) is 1. The van der Waals surface area contributed by atoms with Crippen molar-refractivity contribution in [2.75, 3.05) is 30.4 Å². The fraction of sp³-hybridized carbons (Fsp3) is 0.435. The lowest BCUT2D eigenvalue weighted by Gasteiger charge is -2.32. The van der Waals surface area contributed by atoms with E-state index >= 15 is 0 Å². The Hall–Kier alpha value is -3.14. The average molecular weight is 461 g/mol. The van der Waals surface area contributed by atoms with Gasteiger partial charge in [-0.15, -0.1) is 5.10 Å². The summed E-state index contributed by atoms with van der Waals surface area (Å²) in [6.07, 6.45) is -1.96. The van der Waals surface area contributed by atoms with Gasteiger partial charge in [-0.25, -0.2) is 18.2 Å². The van der Waals surface area contributed by atoms with Crippen molar-refractivity contribution in [2.45, 2.75) is 45.3 Å². The van der Waals surface area contributed by atoms with Crippen molar-refractivity contribution in [3.63, 3.8) is 0 Å². The third-order valence-corrected chi connectivity index (χ3v) is 5.98. The molecule has 2 N–H and O–H groups in total. The average Bonchev–Trinajstić information content (AvgIpc) is 2.80. The highest BCUT2D eigenvalue weighted by molar-refractivity contribution is 5.93. The number of aromatic nitrogens is 3. The summed E-state index contributed by atoms with van der Waals surface area (Å²) in [5.74, 6) is -0.146. The molecule has 0 unspecified atom stereocenters. The van der Waals surface area contributed by atoms with Crippen LogP contribution in [0.25, 0.3) is 10.9 Å². The summed E-state index contributed by atoms with van der Waals surface area (Å²) in [7, 11) is 1.54. The smallest absolute Gasteiger partial charge is 0.266 e. The minimum atomic E-state index is -2.90. The minimum Gasteiger partial charge on any atom is -0.480 e. The predicted octanol–water partition coefficient (Wildman–Crippen LogP) is 4.55. The molecule has 4 rings (SSSR count). The van der Waals surface area contributed by atoms with Gasteiger partial charge >= 0.3 is 0 Å². The van der Waals surface area contributed by atoms with Gasteiger partial charge < -0.3 is 20.1 Å². The van der Waals surface area contributed by atoms with Gasteiger partial charge in [-0.05, 0) is 32.8 Å². The second-order valence-electron chi connectivity index (χ2n) is 8.18. The second kappa shape index (κ2) is 9.38. The Morgan fingerprint density at radius 3 is 2.55 bits per heavy atom. The molecule has 33 heavy (non-hydrogen) atoms. The largest absolute Gasteiger partial charge is 0.480 e. The van der Waals surface area contributed by atoms with Crippen LogP contribution >= 0.6 is 0 Å². The molecule has 1 fully saturated rings. The molecular formula is C23H26F3N5O2. The summed E-state index contributed by atoms with van der Waals surface area (Å²) in [5, 5.41) is 22.0. The van der Waals surface area contributed by atoms with Crippen LogP contribution in [-0.4, -0.2) is 46.6 Å². The number of aliphatic hydroxyl groups excluding tert-OH is 1. The molecule has 3 aromatic rings. The number of aryl methyl sites for hydroxylation is 1. The lowest BCUT2D eigenvalue weighted by Crippen LogP contribution is -2.36. The van der Waals surface area contributed by atoms with Crippen molar-refractivity contribution in [1.82, 2.24) is 15.2 Å². The number of nitrogens with zero attached hydrogens (tertiary/aromatic N) is 4. The maximum Gasteiger partial charge on any atom is 0.266 e. The van der Waals surface area contributed by atoms with Crippen molar-refractivity contribution in [3.8, 4) is 5.88 Å². The van der Waals surface area contributed by atoms with Crippen molar-refractivity contribution < 1.29 is 23.0 Å². The van der Waals surface area contributed by atoms with E-state index in [0.717, 1.165) is 11.8 Å². The summed E-state index contributed by atoms with van der Waals surface area (Å²) in [6.45, 7) is 4.74. The molecule has 0 radical (unpaired) electrons. The lowest BCUT2D eigenvalue weighted by molar-refractivity contribution is 0.145. The molecule has 0 bridgehead atoms. The van der Waals surface area contributed by atoms with Gasteiger partial charge in [-0.2, -0.15) is 5.10 Å². The van der Waals surface area contributed by atoms with Gasteiger partial charge in [0.15, 0.2) is 5.82 Å². The lowest BCUT2D eigenvalue weighted by atomic mass is 10.0. The summed E-state index contributed by atoms with van der Waals surface area (Å²) >= 11 is 0. The van der Waals surface area contributed by atoms with E-state index < -0.39 is 23.8 Å². The first-order valence-electron chi connectivity index (χ1n) is 10.8. The zero-order valence-electron chi connectivity index (χ0n) is 18.6. The molecule has 0 amide bonds. The maximum absolute atomic E-state index is 14.7. The highest BCUT2D eigenvalue weighted by Crippen LogP contribution is 2.36. The first-order valence-corrected chi connectivity index (χ1v) is 10.8. The summed E-state index contributed by atoms with van der Waals surface area (Å²) < 4.78 is 46.5. The van der Waals surface area contributed by atoms with Crippen LogP contribution in [0.4, 0.5) is 24.7 Å². The van der Waals surface area contributed by atoms with Crippen LogP contribution in [0, 0.1) is 12.7 Å². The highest BCUT2D eigenvalue weighted by Gasteiger charge is 2.24. The van der Waals surface area contributed by atoms with E-state index in [1.165, 1.54) is 12.1 Å². The van der Waals surface area contributed by atoms with Gasteiger partial charge in [0.25, 0.3) is 6.43 Å². The van der Waals surface area contributed by atoms with Gasteiger partial charge in [0.05, 0.1) is 30.5 Å². The zero-order chi connectivity index (χ0) is 23.7. The van der Waals surface area contributed by atoms with Crippen LogP contribution < -0.4 is 15.0 Å². The Morgan fingerprint density at radius 2 is 1.88 bits per heavy atom. The maximum atomic E-state index is 14.7. The molecule has 1 saturated heterocycles. The predicted molar refractivity (Wildman–Crippen MR) is 119 cm³/mol. The van der Waals surface area contributed by atoms with Gasteiger partial charge in [0, 0.05) is 24.0 Å². The van der Waals surface area contributed by atoms with E-state index in [4.69, 9.17) is 4.74 Å². The molecule has 0 aliphatic carbocycles. The number of rotatable bonds is 6. The Balaban J connectivity index is 1.74. The molecule has 0 spiro atoms. The Bertz CT molecular complexity index is 1150. The molecule has 1 aliphatic rings. The van der Waals surface area contributed by atoms with Crippen LogP contribution in [-0.2, 0) is 0 Å². The number of pyridine rings is 1. The molecular weight excluding hydrogens is 435 g/mol. The molecule has 10 heteroatoms. The number of benzene rings is 1. The fourth-order valence-corrected chi connectivity index (χ4v) is 4.11. The Morgan fingerprint density at radius 1 is 1.18 bits per heavy atom. The van der Waals surface area contributed by atoms with Crippen molar-refractivity contribution >= 4 is 22.4 Å². The number of methoxy groups -OCH3 is 1. The van der Waals surface area contributed by atoms with Crippen LogP contribution in [0.15, 0.2) is 24.3 Å². The van der Waals surface area contributed by atoms with Crippen LogP contribution in [0.2, 0.25) is 0 Å². The van der Waals surface area contributed by atoms with Crippen LogP contribution in [0.3, 0.4) is 0 Å². The molecule has 1 aliphatic heterocycles. The molecule has 0 saturated carbocycles. The van der Waals surface area contributed by atoms with Gasteiger partial charge in [0.2, 0.25) is 5.88 Å². The first-order chi connectivity index (χ1) is 15.8. The Labute approximate surface area is 189 Å². The molecule has 176 valence electrons. The van der Waals surface area contributed by atoms with E-state index in [0.29, 0.717) is 54.2 Å². The SMILES string of the molecule is COc1nc2c(C)nnc(N[C@H](C)c3cccc(C(F)F)c3F)c2cc1N1CCC(O)CC1. The quantitative estimate of drug-likeness (QED) is 0.557. The number of hydrogen-bond donors (Lipinski definition) is 2. The number of anilines is 2. The topological polar surface area (TPSA) is 83.4 Å². The van der Waals surface area contributed by atoms with Gasteiger partial charge in [-0.1, -0.05) is 18.2 Å². The monoisotopic (exact) mass is 461 g/mol. The molecule has 1 atom stereocenters. The summed E-state index contributed by atoms with van der Waals surface area (Å²) in [6, 6.07) is 5.19. The number of alkyl halides is 2. The Kier molecular flexibility index (Phi) is 6.55. The fourth-order valence-electron chi connectivity index (χ4n) is 4.11. The third-order valence-electron chi connectivity index (χ3n) is 5.98. The van der Waals surface area contributed by atoms with Crippen molar-refractivity contribution in [2.24, 2.45) is 0 Å². The number of piperidine rings is 1. The van der Waals surface area contributed by atoms with E-state index in [-0.39, 0.29) is 11.7 Å². The number of hydrogen-bond acceptors (Lipinski definition) is 7. The molecule has 1 aromatic carbocycles. The van der Waals surface area contributed by atoms with Crippen molar-refractivity contribution in [3.05, 3.63) is 46.9 Å². The normalized spacial score (nSPS) is 15.8. The first kappa shape index (κ1) is 23.0. The van der Waals surface area contributed by atoms with E-state index in [2.05, 4.69) is 25.4 Å². The zero-order valence-corrected chi connectivity index (χ0v) is 18.6. The summed E-state index contributed by atoms with van der Waals surface area (Å²) in [4.78, 5) is 6.73. The standard InChI is InChI=1S/C23H26F3N5O2/c1-12(15-5-4-6-16(19(15)24)21(25)26)27-22-17-11-18(31-9-7-14(32)8-10-31)23(33-3)28-20(17)13(2)29-30-22/h4-6,11-12,14,21,32H,7-10H2,1-3H3,(H,27,30)/t12-/m1/s1. The molecule has 3 heterocycles. The number of fused-ring (bicyclic) bond motifs is 1. The molecule has 7 nitrogen and oxygen atoms in total. The van der Waals surface area contributed by atoms with Gasteiger partial charge in [0.1, 0.15) is 17.0 Å². The molecule has 2 aromatic heterocycles. The highest BCUT2D eigenvalue weighted by atomic mass is 19.3. The second-order valence-corrected chi connectivity index (χ2v) is 8.18. The number of halogens is 3. The van der Waals surface area contributed by atoms with E-state index in [1.807, 2.05) is 6.07 Å². The van der Waals surface area contributed by atoms with E-state index in [1.54, 1.807) is 21.0 Å². The van der Waals surface area contributed by atoms with Gasteiger partial charge in [-0.3, -0.25) is 0 Å². The number of ether oxygens (including phenoxy) is 1. The third kappa shape index (κ3) is 4.52. The van der Waals surface area contributed by atoms with E-state index in [9.17, 15) is 18.3 Å². The number of aliphatic hydroxyl groups is 1. The van der Waals surface area contributed by atoms with Crippen molar-refractivity contribution in [1.29, 1.82) is 0 Å².